The molecule has 0 saturated carbocycles. The number of benzene rings is 3. The van der Waals surface area contributed by atoms with Crippen molar-refractivity contribution in [3.63, 3.8) is 0 Å². The highest BCUT2D eigenvalue weighted by Gasteiger charge is 2.20. The van der Waals surface area contributed by atoms with Crippen LogP contribution in [-0.4, -0.2) is 18.0 Å². The Bertz CT molecular complexity index is 1870. The van der Waals surface area contributed by atoms with E-state index in [1.54, 1.807) is 0 Å². The maximum Gasteiger partial charge on any atom is 0.0880 e. The van der Waals surface area contributed by atoms with Gasteiger partial charge < -0.3 is 0 Å². The molecule has 0 atom stereocenters. The van der Waals surface area contributed by atoms with Crippen molar-refractivity contribution in [2.24, 2.45) is 0 Å². The number of hydrogen-bond donors (Lipinski definition) is 0. The number of fused-ring (bicyclic) bond motifs is 2. The average molecular weight is 543 g/mol. The summed E-state index contributed by atoms with van der Waals surface area (Å²) in [5.41, 5.74) is 10.7. The average Bonchev–Trinajstić information content (AvgIpc) is 3.23. The minimum Gasteiger partial charge on any atom is -0.258 e. The quantitative estimate of drug-likeness (QED) is 0.207. The molecule has 2 nitrogen and oxygen atoms in total. The van der Waals surface area contributed by atoms with Crippen LogP contribution >= 0.6 is 11.3 Å². The molecule has 0 amide bonds. The van der Waals surface area contributed by atoms with Gasteiger partial charge in [0.2, 0.25) is 0 Å². The summed E-state index contributed by atoms with van der Waals surface area (Å²) in [5, 5.41) is 5.27. The Morgan fingerprint density at radius 1 is 0.692 bits per heavy atom. The van der Waals surface area contributed by atoms with E-state index in [0.717, 1.165) is 22.6 Å². The van der Waals surface area contributed by atoms with Crippen LogP contribution in [0.5, 0.6) is 0 Å². The van der Waals surface area contributed by atoms with Crippen LogP contribution < -0.4 is 5.19 Å². The Kier molecular flexibility index (Phi) is 6.28. The Morgan fingerprint density at radius 2 is 1.44 bits per heavy atom. The first kappa shape index (κ1) is 25.7. The highest BCUT2D eigenvalue weighted by Crippen LogP contribution is 2.44. The normalized spacial score (nSPS) is 12.0. The Morgan fingerprint density at radius 3 is 2.15 bits per heavy atom. The Hall–Kier alpha value is -3.60. The zero-order valence-corrected chi connectivity index (χ0v) is 25.6. The van der Waals surface area contributed by atoms with E-state index in [0.29, 0.717) is 0 Å². The third-order valence-electron chi connectivity index (χ3n) is 7.72. The fourth-order valence-corrected chi connectivity index (χ4v) is 8.31. The van der Waals surface area contributed by atoms with Crippen molar-refractivity contribution in [2.75, 3.05) is 0 Å². The maximum absolute atomic E-state index is 4.97. The van der Waals surface area contributed by atoms with E-state index in [2.05, 4.69) is 125 Å². The summed E-state index contributed by atoms with van der Waals surface area (Å²) in [6, 6.07) is 26.9. The summed E-state index contributed by atoms with van der Waals surface area (Å²) in [7, 11) is -1.36. The number of rotatable bonds is 4. The molecule has 39 heavy (non-hydrogen) atoms. The van der Waals surface area contributed by atoms with Gasteiger partial charge in [-0.2, -0.15) is 0 Å². The van der Waals surface area contributed by atoms with Crippen molar-refractivity contribution in [3.05, 3.63) is 102 Å². The predicted molar refractivity (Wildman–Crippen MR) is 173 cm³/mol. The largest absolute Gasteiger partial charge is 0.258 e. The first-order valence-corrected chi connectivity index (χ1v) is 17.9. The topological polar surface area (TPSA) is 25.8 Å². The molecule has 3 heterocycles. The third kappa shape index (κ3) is 4.62. The zero-order chi connectivity index (χ0) is 27.5. The summed E-state index contributed by atoms with van der Waals surface area (Å²) in [6.07, 6.45) is 1.97. The van der Waals surface area contributed by atoms with Crippen LogP contribution in [0.15, 0.2) is 79.0 Å². The van der Waals surface area contributed by atoms with Crippen LogP contribution in [0.2, 0.25) is 19.6 Å². The van der Waals surface area contributed by atoms with Gasteiger partial charge in [0, 0.05) is 28.0 Å². The zero-order valence-electron chi connectivity index (χ0n) is 23.8. The number of thiophene rings is 1. The first-order chi connectivity index (χ1) is 18.6. The van der Waals surface area contributed by atoms with Crippen LogP contribution in [0.4, 0.5) is 0 Å². The highest BCUT2D eigenvalue weighted by molar-refractivity contribution is 7.23. The summed E-state index contributed by atoms with van der Waals surface area (Å²) >= 11 is 1.88. The standard InChI is InChI=1S/C35H34N2SSi/c1-21-16-28(39(5,6)7)12-13-29(21)34-24(4)30-14-15-36-33(35(30)38-34)27-19-25-10-8-9-11-31(25)32(20-27)26-17-22(2)37-23(3)18-26/h8-20H,1-7H3. The van der Waals surface area contributed by atoms with Crippen molar-refractivity contribution < 1.29 is 0 Å². The lowest BCUT2D eigenvalue weighted by atomic mass is 9.94. The van der Waals surface area contributed by atoms with E-state index in [1.165, 1.54) is 58.7 Å². The van der Waals surface area contributed by atoms with E-state index in [9.17, 15) is 0 Å². The van der Waals surface area contributed by atoms with E-state index < -0.39 is 8.07 Å². The number of aromatic nitrogens is 2. The minimum absolute atomic E-state index is 1.04. The molecule has 6 rings (SSSR count). The molecule has 0 fully saturated rings. The lowest BCUT2D eigenvalue weighted by Crippen LogP contribution is -2.37. The van der Waals surface area contributed by atoms with Crippen LogP contribution in [-0.2, 0) is 0 Å². The summed E-state index contributed by atoms with van der Waals surface area (Å²) in [6.45, 7) is 15.9. The summed E-state index contributed by atoms with van der Waals surface area (Å²) < 4.78 is 1.25. The van der Waals surface area contributed by atoms with Crippen LogP contribution in [0.1, 0.15) is 22.5 Å². The molecule has 194 valence electrons. The van der Waals surface area contributed by atoms with Gasteiger partial charge in [-0.15, -0.1) is 11.3 Å². The fourth-order valence-electron chi connectivity index (χ4n) is 5.67. The molecule has 0 aliphatic carbocycles. The van der Waals surface area contributed by atoms with E-state index in [4.69, 9.17) is 4.98 Å². The second-order valence-electron chi connectivity index (χ2n) is 11.8. The maximum atomic E-state index is 4.97. The molecule has 0 aliphatic heterocycles. The van der Waals surface area contributed by atoms with Gasteiger partial charge in [-0.05, 0) is 102 Å². The molecular weight excluding hydrogens is 509 g/mol. The molecular formula is C35H34N2SSi. The molecule has 0 radical (unpaired) electrons. The smallest absolute Gasteiger partial charge is 0.0880 e. The second kappa shape index (κ2) is 9.55. The Labute approximate surface area is 236 Å². The molecule has 0 spiro atoms. The van der Waals surface area contributed by atoms with E-state index in [1.807, 2.05) is 17.5 Å². The van der Waals surface area contributed by atoms with Crippen molar-refractivity contribution in [3.8, 4) is 32.8 Å². The number of nitrogens with zero attached hydrogens (tertiary/aromatic N) is 2. The van der Waals surface area contributed by atoms with Gasteiger partial charge >= 0.3 is 0 Å². The van der Waals surface area contributed by atoms with Crippen LogP contribution in [0.3, 0.4) is 0 Å². The van der Waals surface area contributed by atoms with Gasteiger partial charge in [-0.3, -0.25) is 9.97 Å². The van der Waals surface area contributed by atoms with Crippen molar-refractivity contribution in [2.45, 2.75) is 47.3 Å². The van der Waals surface area contributed by atoms with E-state index >= 15 is 0 Å². The SMILES string of the molecule is Cc1cc(-c2cc(-c3nccc4c(C)c(-c5ccc([Si](C)(C)C)cc5C)sc34)cc3ccccc23)cc(C)n1. The third-order valence-corrected chi connectivity index (χ3v) is 11.1. The van der Waals surface area contributed by atoms with Gasteiger partial charge in [0.1, 0.15) is 0 Å². The monoisotopic (exact) mass is 542 g/mol. The molecule has 3 aromatic heterocycles. The van der Waals surface area contributed by atoms with Crippen molar-refractivity contribution in [1.29, 1.82) is 0 Å². The molecule has 4 heteroatoms. The molecule has 0 N–H and O–H groups in total. The predicted octanol–water partition coefficient (Wildman–Crippen LogP) is 9.62. The minimum atomic E-state index is -1.36. The van der Waals surface area contributed by atoms with Gasteiger partial charge in [-0.1, -0.05) is 67.3 Å². The highest BCUT2D eigenvalue weighted by atomic mass is 32.1. The van der Waals surface area contributed by atoms with Crippen molar-refractivity contribution in [1.82, 2.24) is 9.97 Å². The van der Waals surface area contributed by atoms with Gasteiger partial charge in [-0.25, -0.2) is 0 Å². The molecule has 0 unspecified atom stereocenters. The summed E-state index contributed by atoms with van der Waals surface area (Å²) in [4.78, 5) is 10.9. The van der Waals surface area contributed by atoms with Crippen LogP contribution in [0, 0.1) is 27.7 Å². The fraction of sp³-hybridized carbons (Fsp3) is 0.200. The molecule has 0 saturated heterocycles. The second-order valence-corrected chi connectivity index (χ2v) is 17.9. The Balaban J connectivity index is 1.57. The molecule has 3 aromatic carbocycles. The number of aryl methyl sites for hydroxylation is 4. The lowest BCUT2D eigenvalue weighted by molar-refractivity contribution is 1.12. The summed E-state index contributed by atoms with van der Waals surface area (Å²) in [5.74, 6) is 0. The number of hydrogen-bond acceptors (Lipinski definition) is 3. The lowest BCUT2D eigenvalue weighted by Gasteiger charge is -2.18. The molecule has 0 bridgehead atoms. The van der Waals surface area contributed by atoms with Gasteiger partial charge in [0.05, 0.1) is 18.5 Å². The van der Waals surface area contributed by atoms with E-state index in [-0.39, 0.29) is 0 Å². The molecule has 0 aliphatic rings. The van der Waals surface area contributed by atoms with Gasteiger partial charge in [0.25, 0.3) is 0 Å². The molecule has 6 aromatic rings. The van der Waals surface area contributed by atoms with Gasteiger partial charge in [0.15, 0.2) is 0 Å². The van der Waals surface area contributed by atoms with Crippen LogP contribution in [0.25, 0.3) is 53.7 Å². The first-order valence-electron chi connectivity index (χ1n) is 13.6. The number of pyridine rings is 2. The van der Waals surface area contributed by atoms with Crippen molar-refractivity contribution >= 4 is 45.5 Å².